The van der Waals surface area contributed by atoms with E-state index in [1.807, 2.05) is 12.1 Å². The second-order valence-electron chi connectivity index (χ2n) is 5.25. The summed E-state index contributed by atoms with van der Waals surface area (Å²) in [7, 11) is 0. The zero-order valence-electron chi connectivity index (χ0n) is 11.8. The van der Waals surface area contributed by atoms with E-state index in [9.17, 15) is 0 Å². The lowest BCUT2D eigenvalue weighted by molar-refractivity contribution is 0.698. The molecule has 0 bridgehead atoms. The van der Waals surface area contributed by atoms with Gasteiger partial charge in [-0.15, -0.1) is 0 Å². The average Bonchev–Trinajstić information content (AvgIpc) is 2.52. The number of fused-ring (bicyclic) bond motifs is 1. The topological polar surface area (TPSA) is 15.3 Å². The summed E-state index contributed by atoms with van der Waals surface area (Å²) in [6, 6.07) is 14.3. The molecular formula is C17H18Cl2N2. The van der Waals surface area contributed by atoms with Crippen LogP contribution >= 0.6 is 23.2 Å². The molecule has 2 nitrogen and oxygen atoms in total. The molecule has 1 aliphatic rings. The number of nitrogens with one attached hydrogen (secondary N) is 1. The zero-order chi connectivity index (χ0) is 14.7. The molecule has 2 aromatic rings. The van der Waals surface area contributed by atoms with Gasteiger partial charge in [0.15, 0.2) is 0 Å². The van der Waals surface area contributed by atoms with E-state index in [0.717, 1.165) is 25.3 Å². The number of para-hydroxylation sites is 1. The van der Waals surface area contributed by atoms with Crippen LogP contribution in [0.15, 0.2) is 42.5 Å². The largest absolute Gasteiger partial charge is 0.382 e. The van der Waals surface area contributed by atoms with Crippen LogP contribution in [0.5, 0.6) is 0 Å². The normalized spacial score (nSPS) is 13.9. The third kappa shape index (κ3) is 3.28. The highest BCUT2D eigenvalue weighted by Gasteiger charge is 2.15. The molecule has 0 aromatic heterocycles. The minimum Gasteiger partial charge on any atom is -0.382 e. The maximum Gasteiger partial charge on any atom is 0.0823 e. The van der Waals surface area contributed by atoms with Crippen LogP contribution in [0.4, 0.5) is 11.4 Å². The fourth-order valence-corrected chi connectivity index (χ4v) is 3.18. The van der Waals surface area contributed by atoms with Crippen molar-refractivity contribution >= 4 is 34.6 Å². The van der Waals surface area contributed by atoms with Gasteiger partial charge < -0.3 is 10.2 Å². The molecule has 0 atom stereocenters. The quantitative estimate of drug-likeness (QED) is 0.865. The van der Waals surface area contributed by atoms with Gasteiger partial charge in [-0.2, -0.15) is 0 Å². The van der Waals surface area contributed by atoms with Crippen LogP contribution in [-0.4, -0.2) is 19.6 Å². The third-order valence-corrected chi connectivity index (χ3v) is 4.67. The van der Waals surface area contributed by atoms with E-state index in [0.29, 0.717) is 10.0 Å². The Balaban J connectivity index is 1.63. The van der Waals surface area contributed by atoms with Gasteiger partial charge in [0.2, 0.25) is 0 Å². The van der Waals surface area contributed by atoms with Gasteiger partial charge in [-0.25, -0.2) is 0 Å². The van der Waals surface area contributed by atoms with Crippen molar-refractivity contribution in [3.8, 4) is 0 Å². The van der Waals surface area contributed by atoms with Gasteiger partial charge in [-0.1, -0.05) is 47.5 Å². The van der Waals surface area contributed by atoms with Crippen molar-refractivity contribution < 1.29 is 0 Å². The standard InChI is InChI=1S/C17H18Cl2N2/c18-14-7-3-8-15(17(14)19)20-10-12-21-11-4-6-13-5-1-2-9-16(13)21/h1-3,5,7-9,20H,4,6,10-12H2. The highest BCUT2D eigenvalue weighted by molar-refractivity contribution is 6.43. The molecule has 0 aliphatic carbocycles. The molecule has 21 heavy (non-hydrogen) atoms. The molecule has 0 amide bonds. The number of hydrogen-bond donors (Lipinski definition) is 1. The lowest BCUT2D eigenvalue weighted by atomic mass is 10.0. The molecule has 0 saturated carbocycles. The minimum absolute atomic E-state index is 0.588. The van der Waals surface area contributed by atoms with Crippen LogP contribution in [0, 0.1) is 0 Å². The van der Waals surface area contributed by atoms with Gasteiger partial charge in [-0.3, -0.25) is 0 Å². The van der Waals surface area contributed by atoms with E-state index in [2.05, 4.69) is 34.5 Å². The highest BCUT2D eigenvalue weighted by atomic mass is 35.5. The third-order valence-electron chi connectivity index (χ3n) is 3.86. The second kappa shape index (κ2) is 6.59. The number of benzene rings is 2. The molecule has 110 valence electrons. The number of aryl methyl sites for hydroxylation is 1. The number of rotatable bonds is 4. The molecule has 1 aliphatic heterocycles. The van der Waals surface area contributed by atoms with E-state index in [4.69, 9.17) is 23.2 Å². The Morgan fingerprint density at radius 2 is 1.90 bits per heavy atom. The van der Waals surface area contributed by atoms with Gasteiger partial charge in [0.05, 0.1) is 15.7 Å². The summed E-state index contributed by atoms with van der Waals surface area (Å²) in [5.41, 5.74) is 3.71. The van der Waals surface area contributed by atoms with Crippen LogP contribution in [0.25, 0.3) is 0 Å². The van der Waals surface area contributed by atoms with Crippen molar-refractivity contribution in [3.63, 3.8) is 0 Å². The molecule has 0 unspecified atom stereocenters. The summed E-state index contributed by atoms with van der Waals surface area (Å²) in [4.78, 5) is 2.43. The number of anilines is 2. The highest BCUT2D eigenvalue weighted by Crippen LogP contribution is 2.30. The van der Waals surface area contributed by atoms with Gasteiger partial charge in [0, 0.05) is 25.3 Å². The number of nitrogens with zero attached hydrogens (tertiary/aromatic N) is 1. The maximum absolute atomic E-state index is 6.19. The molecule has 1 heterocycles. The zero-order valence-corrected chi connectivity index (χ0v) is 13.3. The summed E-state index contributed by atoms with van der Waals surface area (Å²) in [6.07, 6.45) is 2.40. The monoisotopic (exact) mass is 320 g/mol. The van der Waals surface area contributed by atoms with Gasteiger partial charge in [0.1, 0.15) is 0 Å². The Morgan fingerprint density at radius 3 is 2.81 bits per heavy atom. The Bertz CT molecular complexity index is 628. The van der Waals surface area contributed by atoms with Crippen molar-refractivity contribution in [2.45, 2.75) is 12.8 Å². The second-order valence-corrected chi connectivity index (χ2v) is 6.03. The first-order chi connectivity index (χ1) is 10.3. The molecule has 3 rings (SSSR count). The van der Waals surface area contributed by atoms with Crippen LogP contribution in [0.3, 0.4) is 0 Å². The van der Waals surface area contributed by atoms with Gasteiger partial charge >= 0.3 is 0 Å². The molecular weight excluding hydrogens is 303 g/mol. The van der Waals surface area contributed by atoms with E-state index in [1.165, 1.54) is 24.1 Å². The van der Waals surface area contributed by atoms with Crippen LogP contribution < -0.4 is 10.2 Å². The first-order valence-electron chi connectivity index (χ1n) is 7.26. The van der Waals surface area contributed by atoms with Gasteiger partial charge in [0.25, 0.3) is 0 Å². The summed E-state index contributed by atoms with van der Waals surface area (Å²) >= 11 is 12.2. The Kier molecular flexibility index (Phi) is 4.57. The maximum atomic E-state index is 6.19. The first kappa shape index (κ1) is 14.6. The van der Waals surface area contributed by atoms with Crippen LogP contribution in [0.1, 0.15) is 12.0 Å². The number of hydrogen-bond acceptors (Lipinski definition) is 2. The number of halogens is 2. The lowest BCUT2D eigenvalue weighted by Gasteiger charge is -2.31. The molecule has 1 N–H and O–H groups in total. The van der Waals surface area contributed by atoms with E-state index in [1.54, 1.807) is 6.07 Å². The summed E-state index contributed by atoms with van der Waals surface area (Å²) in [5.74, 6) is 0. The smallest absolute Gasteiger partial charge is 0.0823 e. The Hall–Kier alpha value is -1.38. The minimum atomic E-state index is 0.588. The molecule has 0 radical (unpaired) electrons. The molecule has 0 saturated heterocycles. The summed E-state index contributed by atoms with van der Waals surface area (Å²) < 4.78 is 0. The summed E-state index contributed by atoms with van der Waals surface area (Å²) in [5, 5.41) is 4.56. The van der Waals surface area contributed by atoms with E-state index >= 15 is 0 Å². The van der Waals surface area contributed by atoms with Crippen molar-refractivity contribution in [2.24, 2.45) is 0 Å². The SMILES string of the molecule is Clc1cccc(NCCN2CCCc3ccccc32)c1Cl. The van der Waals surface area contributed by atoms with Crippen molar-refractivity contribution in [3.05, 3.63) is 58.1 Å². The Morgan fingerprint density at radius 1 is 1.05 bits per heavy atom. The van der Waals surface area contributed by atoms with Gasteiger partial charge in [-0.05, 0) is 36.6 Å². The predicted octanol–water partition coefficient (Wildman–Crippen LogP) is 4.86. The first-order valence-corrected chi connectivity index (χ1v) is 8.02. The molecule has 2 aromatic carbocycles. The van der Waals surface area contributed by atoms with Crippen LogP contribution in [-0.2, 0) is 6.42 Å². The fourth-order valence-electron chi connectivity index (χ4n) is 2.81. The predicted molar refractivity (Wildman–Crippen MR) is 91.9 cm³/mol. The van der Waals surface area contributed by atoms with E-state index in [-0.39, 0.29) is 0 Å². The van der Waals surface area contributed by atoms with Crippen molar-refractivity contribution in [2.75, 3.05) is 29.9 Å². The van der Waals surface area contributed by atoms with E-state index < -0.39 is 0 Å². The Labute approximate surface area is 135 Å². The van der Waals surface area contributed by atoms with Crippen molar-refractivity contribution in [1.82, 2.24) is 0 Å². The average molecular weight is 321 g/mol. The lowest BCUT2D eigenvalue weighted by Crippen LogP contribution is -2.33. The van der Waals surface area contributed by atoms with Crippen LogP contribution in [0.2, 0.25) is 10.0 Å². The van der Waals surface area contributed by atoms with Crippen molar-refractivity contribution in [1.29, 1.82) is 0 Å². The fraction of sp³-hybridized carbons (Fsp3) is 0.294. The molecule has 4 heteroatoms. The molecule has 0 spiro atoms. The molecule has 0 fully saturated rings. The summed E-state index contributed by atoms with van der Waals surface area (Å²) in [6.45, 7) is 2.91.